The Kier molecular flexibility index (Phi) is 5.19. The van der Waals surface area contributed by atoms with Crippen LogP contribution in [0.25, 0.3) is 11.2 Å². The number of nitrogens with zero attached hydrogens (tertiary/aromatic N) is 5. The number of benzene rings is 1. The summed E-state index contributed by atoms with van der Waals surface area (Å²) in [4.78, 5) is 29.4. The second-order valence-electron chi connectivity index (χ2n) is 8.13. The average Bonchev–Trinajstić information content (AvgIpc) is 3.48. The molecule has 0 aliphatic heterocycles. The van der Waals surface area contributed by atoms with Gasteiger partial charge in [-0.2, -0.15) is 5.10 Å². The van der Waals surface area contributed by atoms with Gasteiger partial charge in [0.05, 0.1) is 25.1 Å². The number of aromatic nitrogens is 6. The molecule has 1 unspecified atom stereocenters. The smallest absolute Gasteiger partial charge is 0.270 e. The van der Waals surface area contributed by atoms with Crippen LogP contribution in [-0.4, -0.2) is 29.7 Å². The molecule has 8 heteroatoms. The fraction of sp³-hybridized carbons (Fsp3) is 0.348. The molecule has 8 nitrogen and oxygen atoms in total. The summed E-state index contributed by atoms with van der Waals surface area (Å²) in [7, 11) is 0. The predicted molar refractivity (Wildman–Crippen MR) is 119 cm³/mol. The Balaban J connectivity index is 1.52. The standard InChI is InChI=1S/C23H25N7O/c1-15(29-22-20-21(25-13-24-20)26-14-27-22)18-11-28-30(12-16-7-3-2-4-8-16)23(31)19(18)17-9-5-6-10-17/h2-4,7-8,11,13-15,17H,5-6,9-10,12H2,1H3,(H2,24,25,26,27,29). The Morgan fingerprint density at radius 1 is 1.16 bits per heavy atom. The molecule has 2 N–H and O–H groups in total. The molecule has 1 atom stereocenters. The Bertz CT molecular complexity index is 1240. The zero-order valence-electron chi connectivity index (χ0n) is 17.5. The lowest BCUT2D eigenvalue weighted by Crippen LogP contribution is -2.30. The lowest BCUT2D eigenvalue weighted by atomic mass is 9.92. The number of hydrogen-bond donors (Lipinski definition) is 2. The summed E-state index contributed by atoms with van der Waals surface area (Å²) in [6, 6.07) is 9.85. The van der Waals surface area contributed by atoms with Gasteiger partial charge in [0, 0.05) is 11.1 Å². The van der Waals surface area contributed by atoms with E-state index in [1.54, 1.807) is 11.0 Å². The fourth-order valence-electron chi connectivity index (χ4n) is 4.51. The summed E-state index contributed by atoms with van der Waals surface area (Å²) >= 11 is 0. The molecule has 0 spiro atoms. The van der Waals surface area contributed by atoms with Crippen LogP contribution in [0.1, 0.15) is 61.3 Å². The number of aromatic amines is 1. The van der Waals surface area contributed by atoms with Gasteiger partial charge >= 0.3 is 0 Å². The Morgan fingerprint density at radius 3 is 2.77 bits per heavy atom. The number of rotatable bonds is 6. The molecule has 1 fully saturated rings. The van der Waals surface area contributed by atoms with Crippen molar-refractivity contribution in [1.29, 1.82) is 0 Å². The molecule has 3 aromatic heterocycles. The number of anilines is 1. The highest BCUT2D eigenvalue weighted by atomic mass is 16.1. The van der Waals surface area contributed by atoms with Crippen LogP contribution >= 0.6 is 0 Å². The van der Waals surface area contributed by atoms with Crippen molar-refractivity contribution in [3.05, 3.63) is 76.2 Å². The van der Waals surface area contributed by atoms with E-state index in [2.05, 4.69) is 30.4 Å². The minimum absolute atomic E-state index is 0.0104. The van der Waals surface area contributed by atoms with Gasteiger partial charge in [-0.15, -0.1) is 0 Å². The molecule has 4 aromatic rings. The fourth-order valence-corrected chi connectivity index (χ4v) is 4.51. The molecular formula is C23H25N7O. The Morgan fingerprint density at radius 2 is 1.97 bits per heavy atom. The third-order valence-electron chi connectivity index (χ3n) is 6.09. The summed E-state index contributed by atoms with van der Waals surface area (Å²) < 4.78 is 1.59. The monoisotopic (exact) mass is 415 g/mol. The normalized spacial score (nSPS) is 15.4. The molecule has 0 amide bonds. The van der Waals surface area contributed by atoms with Gasteiger partial charge in [0.15, 0.2) is 11.5 Å². The number of H-pyrrole nitrogens is 1. The Labute approximate surface area is 179 Å². The van der Waals surface area contributed by atoms with Crippen molar-refractivity contribution in [3.8, 4) is 0 Å². The predicted octanol–water partition coefficient (Wildman–Crippen LogP) is 3.79. The highest BCUT2D eigenvalue weighted by molar-refractivity contribution is 5.82. The van der Waals surface area contributed by atoms with E-state index < -0.39 is 0 Å². The molecule has 0 saturated heterocycles. The lowest BCUT2D eigenvalue weighted by Gasteiger charge is -2.22. The first-order valence-corrected chi connectivity index (χ1v) is 10.7. The lowest BCUT2D eigenvalue weighted by molar-refractivity contribution is 0.591. The minimum Gasteiger partial charge on any atom is -0.362 e. The van der Waals surface area contributed by atoms with Gasteiger partial charge in [0.2, 0.25) is 0 Å². The molecule has 1 aliphatic rings. The maximum absolute atomic E-state index is 13.5. The number of hydrogen-bond acceptors (Lipinski definition) is 6. The first-order chi connectivity index (χ1) is 15.2. The summed E-state index contributed by atoms with van der Waals surface area (Å²) in [5, 5.41) is 7.97. The maximum atomic E-state index is 13.5. The van der Waals surface area contributed by atoms with E-state index in [-0.39, 0.29) is 17.5 Å². The molecule has 31 heavy (non-hydrogen) atoms. The van der Waals surface area contributed by atoms with Crippen molar-refractivity contribution in [2.24, 2.45) is 0 Å². The zero-order chi connectivity index (χ0) is 21.2. The second-order valence-corrected chi connectivity index (χ2v) is 8.13. The second kappa shape index (κ2) is 8.29. The van der Waals surface area contributed by atoms with Crippen molar-refractivity contribution < 1.29 is 0 Å². The van der Waals surface area contributed by atoms with Gasteiger partial charge in [-0.25, -0.2) is 19.6 Å². The third kappa shape index (κ3) is 3.81. The molecule has 0 radical (unpaired) electrons. The van der Waals surface area contributed by atoms with Crippen LogP contribution in [0.5, 0.6) is 0 Å². The summed E-state index contributed by atoms with van der Waals surface area (Å²) in [5.41, 5.74) is 4.26. The van der Waals surface area contributed by atoms with Gasteiger partial charge < -0.3 is 10.3 Å². The average molecular weight is 416 g/mol. The summed E-state index contributed by atoms with van der Waals surface area (Å²) in [6.07, 6.45) is 9.35. The van der Waals surface area contributed by atoms with Gasteiger partial charge in [-0.1, -0.05) is 43.2 Å². The summed E-state index contributed by atoms with van der Waals surface area (Å²) in [6.45, 7) is 2.52. The van der Waals surface area contributed by atoms with Gasteiger partial charge in [-0.05, 0) is 31.2 Å². The van der Waals surface area contributed by atoms with E-state index in [9.17, 15) is 4.79 Å². The van der Waals surface area contributed by atoms with Gasteiger partial charge in [-0.3, -0.25) is 4.79 Å². The van der Waals surface area contributed by atoms with Crippen molar-refractivity contribution >= 4 is 17.0 Å². The van der Waals surface area contributed by atoms with Crippen molar-refractivity contribution in [2.45, 2.75) is 51.1 Å². The number of nitrogens with one attached hydrogen (secondary N) is 2. The largest absolute Gasteiger partial charge is 0.362 e. The molecule has 0 bridgehead atoms. The molecular weight excluding hydrogens is 390 g/mol. The molecule has 1 saturated carbocycles. The van der Waals surface area contributed by atoms with E-state index in [1.165, 1.54) is 6.33 Å². The quantitative estimate of drug-likeness (QED) is 0.497. The maximum Gasteiger partial charge on any atom is 0.270 e. The van der Waals surface area contributed by atoms with E-state index >= 15 is 0 Å². The van der Waals surface area contributed by atoms with Crippen LogP contribution in [0, 0.1) is 0 Å². The topological polar surface area (TPSA) is 101 Å². The molecule has 3 heterocycles. The van der Waals surface area contributed by atoms with Crippen LogP contribution in [0.2, 0.25) is 0 Å². The minimum atomic E-state index is -0.136. The van der Waals surface area contributed by atoms with E-state index in [4.69, 9.17) is 0 Å². The molecule has 1 aromatic carbocycles. The highest BCUT2D eigenvalue weighted by Crippen LogP contribution is 2.36. The van der Waals surface area contributed by atoms with Crippen molar-refractivity contribution in [3.63, 3.8) is 0 Å². The third-order valence-corrected chi connectivity index (χ3v) is 6.09. The Hall–Kier alpha value is -3.55. The van der Waals surface area contributed by atoms with Crippen molar-refractivity contribution in [1.82, 2.24) is 29.7 Å². The van der Waals surface area contributed by atoms with Crippen LogP contribution in [0.15, 0.2) is 54.0 Å². The van der Waals surface area contributed by atoms with Crippen LogP contribution in [-0.2, 0) is 6.54 Å². The number of fused-ring (bicyclic) bond motifs is 1. The molecule has 158 valence electrons. The van der Waals surface area contributed by atoms with E-state index in [1.807, 2.05) is 43.5 Å². The number of imidazole rings is 1. The van der Waals surface area contributed by atoms with Gasteiger partial charge in [0.1, 0.15) is 11.8 Å². The molecule has 5 rings (SSSR count). The van der Waals surface area contributed by atoms with Crippen LogP contribution in [0.3, 0.4) is 0 Å². The van der Waals surface area contributed by atoms with Gasteiger partial charge in [0.25, 0.3) is 5.56 Å². The first kappa shape index (κ1) is 19.4. The van der Waals surface area contributed by atoms with E-state index in [0.29, 0.717) is 18.0 Å². The zero-order valence-corrected chi connectivity index (χ0v) is 17.5. The molecule has 1 aliphatic carbocycles. The van der Waals surface area contributed by atoms with Crippen LogP contribution in [0.4, 0.5) is 5.82 Å². The summed E-state index contributed by atoms with van der Waals surface area (Å²) in [5.74, 6) is 0.940. The van der Waals surface area contributed by atoms with Crippen molar-refractivity contribution in [2.75, 3.05) is 5.32 Å². The first-order valence-electron chi connectivity index (χ1n) is 10.7. The van der Waals surface area contributed by atoms with E-state index in [0.717, 1.165) is 47.9 Å². The SMILES string of the molecule is CC(Nc1ncnc2nc[nH]c12)c1cnn(Cc2ccccc2)c(=O)c1C1CCCC1. The van der Waals surface area contributed by atoms with Crippen LogP contribution < -0.4 is 10.9 Å². The highest BCUT2D eigenvalue weighted by Gasteiger charge is 2.27.